The van der Waals surface area contributed by atoms with Gasteiger partial charge in [0.05, 0.1) is 12.2 Å². The van der Waals surface area contributed by atoms with Crippen molar-refractivity contribution in [2.24, 2.45) is 0 Å². The highest BCUT2D eigenvalue weighted by Crippen LogP contribution is 2.23. The number of methoxy groups -OCH3 is 1. The van der Waals surface area contributed by atoms with Gasteiger partial charge in [-0.25, -0.2) is 0 Å². The van der Waals surface area contributed by atoms with Gasteiger partial charge in [0.2, 0.25) is 0 Å². The molecule has 6 nitrogen and oxygen atoms in total. The number of anilines is 2. The zero-order chi connectivity index (χ0) is 19.1. The standard InChI is InChI=1S/C19H22ClN3O3/c1-23(2)17-8-7-15(12-16(17)19(25)21-9-10-26-3)22-18(24)13-5-4-6-14(20)11-13/h4-8,11-12H,9-10H2,1-3H3,(H,21,25)(H,22,24). The molecule has 0 fully saturated rings. The number of hydrogen-bond donors (Lipinski definition) is 2. The van der Waals surface area contributed by atoms with Gasteiger partial charge in [0.1, 0.15) is 0 Å². The molecule has 2 N–H and O–H groups in total. The van der Waals surface area contributed by atoms with E-state index >= 15 is 0 Å². The molecular formula is C19H22ClN3O3. The summed E-state index contributed by atoms with van der Waals surface area (Å²) >= 11 is 5.93. The number of amides is 2. The molecule has 2 rings (SSSR count). The summed E-state index contributed by atoms with van der Waals surface area (Å²) in [7, 11) is 5.28. The van der Waals surface area contributed by atoms with Crippen LogP contribution in [-0.2, 0) is 4.74 Å². The second-order valence-corrected chi connectivity index (χ2v) is 6.28. The van der Waals surface area contributed by atoms with E-state index in [2.05, 4.69) is 10.6 Å². The van der Waals surface area contributed by atoms with Crippen molar-refractivity contribution >= 4 is 34.8 Å². The number of nitrogens with one attached hydrogen (secondary N) is 2. The van der Waals surface area contributed by atoms with Gasteiger partial charge in [0.15, 0.2) is 0 Å². The van der Waals surface area contributed by atoms with Crippen LogP contribution in [0.5, 0.6) is 0 Å². The molecule has 7 heteroatoms. The van der Waals surface area contributed by atoms with Crippen LogP contribution in [0.15, 0.2) is 42.5 Å². The van der Waals surface area contributed by atoms with Gasteiger partial charge in [0, 0.05) is 49.7 Å². The third kappa shape index (κ3) is 5.21. The van der Waals surface area contributed by atoms with E-state index in [4.69, 9.17) is 16.3 Å². The lowest BCUT2D eigenvalue weighted by Crippen LogP contribution is -2.28. The molecule has 0 heterocycles. The molecule has 0 aliphatic heterocycles. The van der Waals surface area contributed by atoms with Crippen molar-refractivity contribution in [3.05, 3.63) is 58.6 Å². The molecule has 0 unspecified atom stereocenters. The average Bonchev–Trinajstić information content (AvgIpc) is 2.61. The van der Waals surface area contributed by atoms with Crippen molar-refractivity contribution in [1.29, 1.82) is 0 Å². The van der Waals surface area contributed by atoms with E-state index in [0.29, 0.717) is 35.0 Å². The minimum atomic E-state index is -0.296. The quantitative estimate of drug-likeness (QED) is 0.730. The van der Waals surface area contributed by atoms with E-state index in [-0.39, 0.29) is 11.8 Å². The molecule has 0 saturated heterocycles. The first-order valence-electron chi connectivity index (χ1n) is 8.08. The molecule has 26 heavy (non-hydrogen) atoms. The number of halogens is 1. The first kappa shape index (κ1) is 19.8. The second kappa shape index (κ2) is 9.22. The molecule has 0 saturated carbocycles. The number of benzene rings is 2. The van der Waals surface area contributed by atoms with Crippen molar-refractivity contribution < 1.29 is 14.3 Å². The zero-order valence-corrected chi connectivity index (χ0v) is 15.8. The topological polar surface area (TPSA) is 70.7 Å². The Labute approximate surface area is 158 Å². The Bertz CT molecular complexity index is 793. The summed E-state index contributed by atoms with van der Waals surface area (Å²) in [4.78, 5) is 26.7. The van der Waals surface area contributed by atoms with Crippen LogP contribution in [0, 0.1) is 0 Å². The first-order valence-corrected chi connectivity index (χ1v) is 8.45. The predicted octanol–water partition coefficient (Wildman–Crippen LogP) is 3.03. The Hall–Kier alpha value is -2.57. The number of rotatable bonds is 7. The average molecular weight is 376 g/mol. The lowest BCUT2D eigenvalue weighted by atomic mass is 10.1. The summed E-state index contributed by atoms with van der Waals surface area (Å²) in [6, 6.07) is 11.9. The van der Waals surface area contributed by atoms with Gasteiger partial charge in [0.25, 0.3) is 11.8 Å². The molecular weight excluding hydrogens is 354 g/mol. The van der Waals surface area contributed by atoms with Crippen LogP contribution >= 0.6 is 11.6 Å². The van der Waals surface area contributed by atoms with Crippen LogP contribution in [0.1, 0.15) is 20.7 Å². The van der Waals surface area contributed by atoms with Gasteiger partial charge < -0.3 is 20.3 Å². The molecule has 0 atom stereocenters. The van der Waals surface area contributed by atoms with Gasteiger partial charge >= 0.3 is 0 Å². The minimum Gasteiger partial charge on any atom is -0.383 e. The van der Waals surface area contributed by atoms with Gasteiger partial charge in [-0.15, -0.1) is 0 Å². The number of ether oxygens (including phenoxy) is 1. The van der Waals surface area contributed by atoms with E-state index in [0.717, 1.165) is 5.69 Å². The van der Waals surface area contributed by atoms with Crippen LogP contribution in [0.3, 0.4) is 0 Å². The molecule has 0 spiro atoms. The highest BCUT2D eigenvalue weighted by molar-refractivity contribution is 6.31. The van der Waals surface area contributed by atoms with Gasteiger partial charge in [-0.1, -0.05) is 17.7 Å². The van der Waals surface area contributed by atoms with E-state index in [1.807, 2.05) is 19.0 Å². The molecule has 0 aliphatic carbocycles. The van der Waals surface area contributed by atoms with Crippen molar-refractivity contribution in [2.45, 2.75) is 0 Å². The summed E-state index contributed by atoms with van der Waals surface area (Å²) < 4.78 is 4.95. The Morgan fingerprint density at radius 1 is 1.12 bits per heavy atom. The molecule has 2 amide bonds. The van der Waals surface area contributed by atoms with Crippen LogP contribution in [0.2, 0.25) is 5.02 Å². The molecule has 2 aromatic carbocycles. The Kier molecular flexibility index (Phi) is 7.00. The Balaban J connectivity index is 2.23. The van der Waals surface area contributed by atoms with Crippen molar-refractivity contribution in [3.8, 4) is 0 Å². The van der Waals surface area contributed by atoms with Crippen LogP contribution in [0.25, 0.3) is 0 Å². The minimum absolute atomic E-state index is 0.232. The fourth-order valence-corrected chi connectivity index (χ4v) is 2.57. The fraction of sp³-hybridized carbons (Fsp3) is 0.263. The third-order valence-corrected chi connectivity index (χ3v) is 3.89. The smallest absolute Gasteiger partial charge is 0.255 e. The summed E-state index contributed by atoms with van der Waals surface area (Å²) in [6.45, 7) is 0.829. The molecule has 0 aromatic heterocycles. The summed E-state index contributed by atoms with van der Waals surface area (Å²) in [6.07, 6.45) is 0. The monoisotopic (exact) mass is 375 g/mol. The number of carbonyl (C=O) groups is 2. The van der Waals surface area contributed by atoms with E-state index in [1.54, 1.807) is 49.6 Å². The van der Waals surface area contributed by atoms with Gasteiger partial charge in [-0.3, -0.25) is 9.59 Å². The summed E-state index contributed by atoms with van der Waals surface area (Å²) in [5.41, 5.74) is 2.19. The van der Waals surface area contributed by atoms with E-state index in [9.17, 15) is 9.59 Å². The van der Waals surface area contributed by atoms with Crippen LogP contribution in [-0.4, -0.2) is 46.2 Å². The van der Waals surface area contributed by atoms with Crippen molar-refractivity contribution in [2.75, 3.05) is 44.6 Å². The summed E-state index contributed by atoms with van der Waals surface area (Å²) in [5.74, 6) is -0.527. The van der Waals surface area contributed by atoms with Crippen molar-refractivity contribution in [3.63, 3.8) is 0 Å². The second-order valence-electron chi connectivity index (χ2n) is 5.84. The maximum Gasteiger partial charge on any atom is 0.255 e. The van der Waals surface area contributed by atoms with Gasteiger partial charge in [-0.2, -0.15) is 0 Å². The van der Waals surface area contributed by atoms with Crippen LogP contribution in [0.4, 0.5) is 11.4 Å². The zero-order valence-electron chi connectivity index (χ0n) is 15.0. The SMILES string of the molecule is COCCNC(=O)c1cc(NC(=O)c2cccc(Cl)c2)ccc1N(C)C. The number of hydrogen-bond acceptors (Lipinski definition) is 4. The Morgan fingerprint density at radius 2 is 1.88 bits per heavy atom. The van der Waals surface area contributed by atoms with Crippen molar-refractivity contribution in [1.82, 2.24) is 5.32 Å². The summed E-state index contributed by atoms with van der Waals surface area (Å²) in [5, 5.41) is 6.07. The maximum atomic E-state index is 12.5. The van der Waals surface area contributed by atoms with Crippen LogP contribution < -0.4 is 15.5 Å². The van der Waals surface area contributed by atoms with Gasteiger partial charge in [-0.05, 0) is 36.4 Å². The molecule has 0 aliphatic rings. The molecule has 2 aromatic rings. The highest BCUT2D eigenvalue weighted by Gasteiger charge is 2.15. The molecule has 0 bridgehead atoms. The lowest BCUT2D eigenvalue weighted by molar-refractivity contribution is 0.0936. The molecule has 138 valence electrons. The largest absolute Gasteiger partial charge is 0.383 e. The number of nitrogens with zero attached hydrogens (tertiary/aromatic N) is 1. The van der Waals surface area contributed by atoms with E-state index < -0.39 is 0 Å². The first-order chi connectivity index (χ1) is 12.4. The molecule has 0 radical (unpaired) electrons. The number of carbonyl (C=O) groups excluding carboxylic acids is 2. The predicted molar refractivity (Wildman–Crippen MR) is 104 cm³/mol. The Morgan fingerprint density at radius 3 is 2.54 bits per heavy atom. The highest BCUT2D eigenvalue weighted by atomic mass is 35.5. The lowest BCUT2D eigenvalue weighted by Gasteiger charge is -2.18. The maximum absolute atomic E-state index is 12.5. The van der Waals surface area contributed by atoms with E-state index in [1.165, 1.54) is 0 Å². The third-order valence-electron chi connectivity index (χ3n) is 3.66. The fourth-order valence-electron chi connectivity index (χ4n) is 2.38. The normalized spacial score (nSPS) is 10.3.